The van der Waals surface area contributed by atoms with E-state index in [1.54, 1.807) is 30.9 Å². The molecule has 1 aliphatic heterocycles. The summed E-state index contributed by atoms with van der Waals surface area (Å²) >= 11 is 0. The van der Waals surface area contributed by atoms with Crippen LogP contribution in [0.25, 0.3) is 10.9 Å². The van der Waals surface area contributed by atoms with E-state index in [4.69, 9.17) is 0 Å². The van der Waals surface area contributed by atoms with Crippen LogP contribution in [0.15, 0.2) is 59.9 Å². The van der Waals surface area contributed by atoms with E-state index in [1.165, 1.54) is 6.07 Å². The zero-order valence-corrected chi connectivity index (χ0v) is 14.3. The fraction of sp³-hybridized carbons (Fsp3) is 0.263. The summed E-state index contributed by atoms with van der Waals surface area (Å²) in [7, 11) is 0. The van der Waals surface area contributed by atoms with Crippen LogP contribution in [0.4, 0.5) is 5.82 Å². The van der Waals surface area contributed by atoms with Gasteiger partial charge in [-0.05, 0) is 12.1 Å². The van der Waals surface area contributed by atoms with Gasteiger partial charge in [0.1, 0.15) is 12.4 Å². The molecule has 0 N–H and O–H groups in total. The van der Waals surface area contributed by atoms with Gasteiger partial charge in [-0.3, -0.25) is 14.6 Å². The molecule has 0 unspecified atom stereocenters. The predicted molar refractivity (Wildman–Crippen MR) is 99.0 cm³/mol. The van der Waals surface area contributed by atoms with Crippen LogP contribution in [-0.2, 0) is 11.3 Å². The van der Waals surface area contributed by atoms with Crippen LogP contribution < -0.4 is 10.3 Å². The minimum atomic E-state index is -0.0260. The molecule has 0 saturated carbocycles. The third kappa shape index (κ3) is 3.15. The van der Waals surface area contributed by atoms with E-state index in [1.807, 2.05) is 27.7 Å². The number of aromatic nitrogens is 3. The highest BCUT2D eigenvalue weighted by Gasteiger charge is 2.22. The topological polar surface area (TPSA) is 71.3 Å². The second-order valence-electron chi connectivity index (χ2n) is 6.26. The number of fused-ring (bicyclic) bond motifs is 1. The molecule has 0 aliphatic carbocycles. The Labute approximate surface area is 150 Å². The van der Waals surface area contributed by atoms with E-state index in [9.17, 15) is 9.59 Å². The largest absolute Gasteiger partial charge is 0.352 e. The Balaban J connectivity index is 1.45. The molecule has 0 radical (unpaired) electrons. The van der Waals surface area contributed by atoms with Gasteiger partial charge in [0.2, 0.25) is 5.91 Å². The van der Waals surface area contributed by atoms with Crippen molar-refractivity contribution in [3.05, 3.63) is 65.3 Å². The number of anilines is 1. The molecular weight excluding hydrogens is 330 g/mol. The van der Waals surface area contributed by atoms with Gasteiger partial charge in [0.05, 0.1) is 11.7 Å². The van der Waals surface area contributed by atoms with Crippen LogP contribution in [0, 0.1) is 0 Å². The number of carbonyl (C=O) groups excluding carboxylic acids is 1. The summed E-state index contributed by atoms with van der Waals surface area (Å²) in [5, 5.41) is 0.635. The zero-order chi connectivity index (χ0) is 17.9. The third-order valence-electron chi connectivity index (χ3n) is 4.70. The lowest BCUT2D eigenvalue weighted by atomic mass is 10.2. The van der Waals surface area contributed by atoms with E-state index in [-0.39, 0.29) is 17.9 Å². The molecule has 7 nitrogen and oxygen atoms in total. The standard InChI is InChI=1S/C19H19N5O2/c25-17-5-8-24(16-4-2-1-3-15(16)17)14-19(26)23-11-9-22(10-12-23)18-13-20-6-7-21-18/h1-8,13H,9-12,14H2. The summed E-state index contributed by atoms with van der Waals surface area (Å²) in [6.45, 7) is 2.98. The number of hydrogen-bond acceptors (Lipinski definition) is 5. The quantitative estimate of drug-likeness (QED) is 0.709. The van der Waals surface area contributed by atoms with Crippen molar-refractivity contribution in [2.75, 3.05) is 31.1 Å². The van der Waals surface area contributed by atoms with Crippen molar-refractivity contribution in [3.8, 4) is 0 Å². The maximum absolute atomic E-state index is 12.7. The number of benzene rings is 1. The number of carbonyl (C=O) groups is 1. The van der Waals surface area contributed by atoms with Crippen molar-refractivity contribution in [3.63, 3.8) is 0 Å². The lowest BCUT2D eigenvalue weighted by Gasteiger charge is -2.35. The monoisotopic (exact) mass is 349 g/mol. The summed E-state index contributed by atoms with van der Waals surface area (Å²) in [6.07, 6.45) is 6.76. The molecule has 0 atom stereocenters. The first kappa shape index (κ1) is 16.3. The van der Waals surface area contributed by atoms with Crippen molar-refractivity contribution in [1.82, 2.24) is 19.4 Å². The zero-order valence-electron chi connectivity index (χ0n) is 14.3. The van der Waals surface area contributed by atoms with E-state index in [0.29, 0.717) is 18.5 Å². The summed E-state index contributed by atoms with van der Waals surface area (Å²) in [5.41, 5.74) is 0.758. The number of rotatable bonds is 3. The van der Waals surface area contributed by atoms with Gasteiger partial charge in [0.25, 0.3) is 0 Å². The number of amides is 1. The Kier molecular flexibility index (Phi) is 4.35. The SMILES string of the molecule is O=C(Cn1ccc(=O)c2ccccc21)N1CCN(c2cnccn2)CC1. The molecule has 0 bridgehead atoms. The van der Waals surface area contributed by atoms with Crippen LogP contribution in [0.2, 0.25) is 0 Å². The molecule has 4 rings (SSSR count). The average Bonchev–Trinajstić information content (AvgIpc) is 2.71. The first-order chi connectivity index (χ1) is 12.7. The van der Waals surface area contributed by atoms with Gasteiger partial charge in [-0.2, -0.15) is 0 Å². The molecule has 7 heteroatoms. The Morgan fingerprint density at radius 2 is 1.85 bits per heavy atom. The van der Waals surface area contributed by atoms with Gasteiger partial charge in [-0.25, -0.2) is 4.98 Å². The fourth-order valence-corrected chi connectivity index (χ4v) is 3.28. The summed E-state index contributed by atoms with van der Waals surface area (Å²) in [5.74, 6) is 0.892. The molecule has 132 valence electrons. The van der Waals surface area contributed by atoms with Crippen molar-refractivity contribution >= 4 is 22.6 Å². The highest BCUT2D eigenvalue weighted by molar-refractivity contribution is 5.82. The number of pyridine rings is 1. The van der Waals surface area contributed by atoms with E-state index < -0.39 is 0 Å². The average molecular weight is 349 g/mol. The smallest absolute Gasteiger partial charge is 0.242 e. The Morgan fingerprint density at radius 1 is 1.04 bits per heavy atom. The first-order valence-electron chi connectivity index (χ1n) is 8.59. The molecule has 26 heavy (non-hydrogen) atoms. The molecule has 1 amide bonds. The number of nitrogens with zero attached hydrogens (tertiary/aromatic N) is 5. The minimum absolute atomic E-state index is 0.0260. The van der Waals surface area contributed by atoms with Gasteiger partial charge in [-0.1, -0.05) is 12.1 Å². The maximum atomic E-state index is 12.7. The molecule has 3 aromatic rings. The maximum Gasteiger partial charge on any atom is 0.242 e. The fourth-order valence-electron chi connectivity index (χ4n) is 3.28. The summed E-state index contributed by atoms with van der Waals surface area (Å²) in [6, 6.07) is 8.89. The number of piperazine rings is 1. The minimum Gasteiger partial charge on any atom is -0.352 e. The number of para-hydroxylation sites is 1. The highest BCUT2D eigenvalue weighted by atomic mass is 16.2. The highest BCUT2D eigenvalue weighted by Crippen LogP contribution is 2.13. The molecule has 1 aromatic carbocycles. The molecular formula is C19H19N5O2. The van der Waals surface area contributed by atoms with Gasteiger partial charge < -0.3 is 14.4 Å². The second kappa shape index (κ2) is 6.95. The van der Waals surface area contributed by atoms with Crippen LogP contribution in [0.3, 0.4) is 0 Å². The third-order valence-corrected chi connectivity index (χ3v) is 4.70. The second-order valence-corrected chi connectivity index (χ2v) is 6.26. The molecule has 3 heterocycles. The summed E-state index contributed by atoms with van der Waals surface area (Å²) < 4.78 is 1.84. The summed E-state index contributed by atoms with van der Waals surface area (Å²) in [4.78, 5) is 37.1. The van der Waals surface area contributed by atoms with Crippen LogP contribution in [0.5, 0.6) is 0 Å². The van der Waals surface area contributed by atoms with Crippen LogP contribution in [-0.4, -0.2) is 51.5 Å². The Hall–Kier alpha value is -3.22. The lowest BCUT2D eigenvalue weighted by Crippen LogP contribution is -2.49. The Morgan fingerprint density at radius 3 is 2.62 bits per heavy atom. The molecule has 1 aliphatic rings. The van der Waals surface area contributed by atoms with Crippen LogP contribution >= 0.6 is 0 Å². The molecule has 1 fully saturated rings. The number of hydrogen-bond donors (Lipinski definition) is 0. The lowest BCUT2D eigenvalue weighted by molar-refractivity contribution is -0.132. The van der Waals surface area contributed by atoms with Crippen molar-refractivity contribution < 1.29 is 4.79 Å². The molecule has 2 aromatic heterocycles. The van der Waals surface area contributed by atoms with E-state index in [0.717, 1.165) is 24.4 Å². The van der Waals surface area contributed by atoms with Gasteiger partial charge in [-0.15, -0.1) is 0 Å². The van der Waals surface area contributed by atoms with Gasteiger partial charge >= 0.3 is 0 Å². The molecule has 0 spiro atoms. The van der Waals surface area contributed by atoms with Crippen molar-refractivity contribution in [2.45, 2.75) is 6.54 Å². The Bertz CT molecular complexity index is 978. The van der Waals surface area contributed by atoms with Gasteiger partial charge in [0, 0.05) is 56.2 Å². The van der Waals surface area contributed by atoms with Gasteiger partial charge in [0.15, 0.2) is 5.43 Å². The van der Waals surface area contributed by atoms with Crippen molar-refractivity contribution in [2.24, 2.45) is 0 Å². The van der Waals surface area contributed by atoms with E-state index in [2.05, 4.69) is 14.9 Å². The first-order valence-corrected chi connectivity index (χ1v) is 8.59. The van der Waals surface area contributed by atoms with E-state index >= 15 is 0 Å². The van der Waals surface area contributed by atoms with Crippen LogP contribution in [0.1, 0.15) is 0 Å². The molecule has 1 saturated heterocycles. The van der Waals surface area contributed by atoms with Crippen molar-refractivity contribution in [1.29, 1.82) is 0 Å². The predicted octanol–water partition coefficient (Wildman–Crippen LogP) is 1.14. The normalized spacial score (nSPS) is 14.6.